The van der Waals surface area contributed by atoms with E-state index in [0.29, 0.717) is 0 Å². The lowest BCUT2D eigenvalue weighted by Crippen LogP contribution is -2.36. The Bertz CT molecular complexity index is 115. The van der Waals surface area contributed by atoms with Crippen LogP contribution in [0.3, 0.4) is 0 Å². The van der Waals surface area contributed by atoms with Crippen LogP contribution < -0.4 is 11.5 Å². The Morgan fingerprint density at radius 1 is 1.40 bits per heavy atom. The Kier molecular flexibility index (Phi) is 3.94. The summed E-state index contributed by atoms with van der Waals surface area (Å²) in [5.74, 6) is -0.624. The van der Waals surface area contributed by atoms with Gasteiger partial charge in [0.05, 0.1) is 6.04 Å². The number of amides is 1. The molecule has 10 heavy (non-hydrogen) atoms. The normalized spacial score (nSPS) is 13.6. The zero-order chi connectivity index (χ0) is 8.15. The van der Waals surface area contributed by atoms with Gasteiger partial charge < -0.3 is 21.7 Å². The van der Waals surface area contributed by atoms with Gasteiger partial charge in [-0.1, -0.05) is 0 Å². The molecule has 0 saturated heterocycles. The van der Waals surface area contributed by atoms with Crippen molar-refractivity contribution < 1.29 is 15.0 Å². The molecule has 0 saturated carbocycles. The number of aliphatic hydroxyl groups is 2. The monoisotopic (exact) mass is 148 g/mol. The van der Waals surface area contributed by atoms with Crippen molar-refractivity contribution in [3.05, 3.63) is 0 Å². The molecule has 6 N–H and O–H groups in total. The van der Waals surface area contributed by atoms with E-state index in [1.54, 1.807) is 0 Å². The maximum Gasteiger partial charge on any atom is 0.234 e. The lowest BCUT2D eigenvalue weighted by atomic mass is 10.1. The summed E-state index contributed by atoms with van der Waals surface area (Å²) in [4.78, 5) is 10.2. The Balaban J connectivity index is 3.40. The van der Waals surface area contributed by atoms with Gasteiger partial charge in [0.1, 0.15) is 0 Å². The minimum absolute atomic E-state index is 0.0735. The van der Waals surface area contributed by atoms with E-state index >= 15 is 0 Å². The van der Waals surface area contributed by atoms with Crippen LogP contribution in [0, 0.1) is 0 Å². The molecule has 0 aromatic carbocycles. The van der Waals surface area contributed by atoms with Crippen LogP contribution >= 0.6 is 0 Å². The van der Waals surface area contributed by atoms with E-state index < -0.39 is 18.2 Å². The highest BCUT2D eigenvalue weighted by Gasteiger charge is 2.09. The van der Waals surface area contributed by atoms with Gasteiger partial charge in [0, 0.05) is 0 Å². The van der Waals surface area contributed by atoms with Gasteiger partial charge in [0.25, 0.3) is 0 Å². The topological polar surface area (TPSA) is 110 Å². The third-order valence-corrected chi connectivity index (χ3v) is 1.10. The summed E-state index contributed by atoms with van der Waals surface area (Å²) < 4.78 is 0. The van der Waals surface area contributed by atoms with Crippen molar-refractivity contribution in [3.8, 4) is 0 Å². The molecule has 0 aliphatic heterocycles. The predicted octanol–water partition coefficient (Wildman–Crippen LogP) is -2.11. The SMILES string of the molecule is NC(=O)[C@H](N)CCC(O)O. The smallest absolute Gasteiger partial charge is 0.234 e. The highest BCUT2D eigenvalue weighted by molar-refractivity contribution is 5.79. The van der Waals surface area contributed by atoms with E-state index in [1.807, 2.05) is 0 Å². The molecule has 0 rings (SSSR count). The molecular weight excluding hydrogens is 136 g/mol. The van der Waals surface area contributed by atoms with Crippen molar-refractivity contribution in [1.29, 1.82) is 0 Å². The van der Waals surface area contributed by atoms with Crippen molar-refractivity contribution >= 4 is 5.91 Å². The maximum absolute atomic E-state index is 10.2. The van der Waals surface area contributed by atoms with Crippen LogP contribution in [-0.4, -0.2) is 28.5 Å². The summed E-state index contributed by atoms with van der Waals surface area (Å²) in [5, 5.41) is 16.7. The van der Waals surface area contributed by atoms with Crippen LogP contribution in [0.2, 0.25) is 0 Å². The largest absolute Gasteiger partial charge is 0.368 e. The second kappa shape index (κ2) is 4.21. The molecule has 1 atom stereocenters. The highest BCUT2D eigenvalue weighted by Crippen LogP contribution is 1.96. The summed E-state index contributed by atoms with van der Waals surface area (Å²) in [6.07, 6.45) is -1.14. The molecule has 0 bridgehead atoms. The molecule has 0 aromatic rings. The number of hydrogen-bond donors (Lipinski definition) is 4. The van der Waals surface area contributed by atoms with Crippen molar-refractivity contribution in [2.45, 2.75) is 25.2 Å². The van der Waals surface area contributed by atoms with E-state index in [-0.39, 0.29) is 12.8 Å². The molecule has 0 aromatic heterocycles. The van der Waals surface area contributed by atoms with Gasteiger partial charge >= 0.3 is 0 Å². The molecule has 0 heterocycles. The number of rotatable bonds is 4. The number of nitrogens with two attached hydrogens (primary N) is 2. The van der Waals surface area contributed by atoms with Gasteiger partial charge in [-0.15, -0.1) is 0 Å². The second-order valence-electron chi connectivity index (χ2n) is 2.07. The van der Waals surface area contributed by atoms with Gasteiger partial charge in [-0.05, 0) is 12.8 Å². The molecule has 0 aliphatic rings. The van der Waals surface area contributed by atoms with Gasteiger partial charge in [0.15, 0.2) is 6.29 Å². The zero-order valence-corrected chi connectivity index (χ0v) is 5.53. The van der Waals surface area contributed by atoms with Gasteiger partial charge in [-0.25, -0.2) is 0 Å². The number of primary amides is 1. The first-order valence-electron chi connectivity index (χ1n) is 2.95. The predicted molar refractivity (Wildman–Crippen MR) is 34.6 cm³/mol. The minimum atomic E-state index is -1.41. The van der Waals surface area contributed by atoms with Crippen LogP contribution in [0.5, 0.6) is 0 Å². The Morgan fingerprint density at radius 3 is 2.20 bits per heavy atom. The van der Waals surface area contributed by atoms with Crippen LogP contribution in [0.1, 0.15) is 12.8 Å². The average molecular weight is 148 g/mol. The fourth-order valence-corrected chi connectivity index (χ4v) is 0.471. The van der Waals surface area contributed by atoms with Gasteiger partial charge in [-0.2, -0.15) is 0 Å². The average Bonchev–Trinajstić information content (AvgIpc) is 1.82. The van der Waals surface area contributed by atoms with Crippen molar-refractivity contribution in [2.75, 3.05) is 0 Å². The van der Waals surface area contributed by atoms with E-state index in [1.165, 1.54) is 0 Å². The van der Waals surface area contributed by atoms with E-state index in [4.69, 9.17) is 21.7 Å². The summed E-state index contributed by atoms with van der Waals surface area (Å²) in [5.41, 5.74) is 9.96. The molecule has 0 unspecified atom stereocenters. The molecule has 0 spiro atoms. The fourth-order valence-electron chi connectivity index (χ4n) is 0.471. The number of carbonyl (C=O) groups is 1. The Labute approximate surface area is 58.6 Å². The molecule has 0 fully saturated rings. The van der Waals surface area contributed by atoms with E-state index in [2.05, 4.69) is 0 Å². The summed E-state index contributed by atoms with van der Waals surface area (Å²) >= 11 is 0. The third kappa shape index (κ3) is 4.25. The van der Waals surface area contributed by atoms with Crippen LogP contribution in [0.4, 0.5) is 0 Å². The Morgan fingerprint density at radius 2 is 1.90 bits per heavy atom. The molecule has 0 radical (unpaired) electrons. The van der Waals surface area contributed by atoms with E-state index in [0.717, 1.165) is 0 Å². The van der Waals surface area contributed by atoms with Crippen LogP contribution in [0.15, 0.2) is 0 Å². The molecule has 5 nitrogen and oxygen atoms in total. The van der Waals surface area contributed by atoms with Crippen molar-refractivity contribution in [1.82, 2.24) is 0 Å². The first-order chi connectivity index (χ1) is 4.54. The van der Waals surface area contributed by atoms with Gasteiger partial charge in [-0.3, -0.25) is 4.79 Å². The van der Waals surface area contributed by atoms with E-state index in [9.17, 15) is 4.79 Å². The maximum atomic E-state index is 10.2. The molecule has 60 valence electrons. The number of hydrogen-bond acceptors (Lipinski definition) is 4. The lowest BCUT2D eigenvalue weighted by molar-refractivity contribution is -0.119. The summed E-state index contributed by atoms with van der Waals surface area (Å²) in [6.45, 7) is 0. The van der Waals surface area contributed by atoms with Gasteiger partial charge in [0.2, 0.25) is 5.91 Å². The summed E-state index contributed by atoms with van der Waals surface area (Å²) in [7, 11) is 0. The second-order valence-corrected chi connectivity index (χ2v) is 2.07. The number of carbonyl (C=O) groups excluding carboxylic acids is 1. The first kappa shape index (κ1) is 9.35. The quantitative estimate of drug-likeness (QED) is 0.342. The highest BCUT2D eigenvalue weighted by atomic mass is 16.5. The van der Waals surface area contributed by atoms with Crippen molar-refractivity contribution in [3.63, 3.8) is 0 Å². The third-order valence-electron chi connectivity index (χ3n) is 1.10. The molecule has 5 heteroatoms. The Hall–Kier alpha value is -0.650. The van der Waals surface area contributed by atoms with Crippen LogP contribution in [0.25, 0.3) is 0 Å². The standard InChI is InChI=1S/C5H12N2O3/c6-3(5(7)10)1-2-4(8)9/h3-4,8-9H,1-2,6H2,(H2,7,10)/t3-/m1/s1. The minimum Gasteiger partial charge on any atom is -0.368 e. The van der Waals surface area contributed by atoms with Crippen molar-refractivity contribution in [2.24, 2.45) is 11.5 Å². The molecule has 0 aliphatic carbocycles. The summed E-state index contributed by atoms with van der Waals surface area (Å²) in [6, 6.07) is -0.776. The lowest BCUT2D eigenvalue weighted by Gasteiger charge is -2.07. The molecular formula is C5H12N2O3. The fraction of sp³-hybridized carbons (Fsp3) is 0.800. The van der Waals surface area contributed by atoms with Crippen LogP contribution in [-0.2, 0) is 4.79 Å². The molecule has 1 amide bonds. The first-order valence-corrected chi connectivity index (χ1v) is 2.95. The number of aliphatic hydroxyl groups excluding tert-OH is 1. The zero-order valence-electron chi connectivity index (χ0n) is 5.53.